The van der Waals surface area contributed by atoms with Crippen LogP contribution in [0.2, 0.25) is 0 Å². The largest absolute Gasteiger partial charge is 0.477 e. The second-order valence-electron chi connectivity index (χ2n) is 5.94. The highest BCUT2D eigenvalue weighted by atomic mass is 32.1. The molecule has 1 atom stereocenters. The summed E-state index contributed by atoms with van der Waals surface area (Å²) in [4.78, 5) is 21.1. The van der Waals surface area contributed by atoms with Crippen LogP contribution in [-0.4, -0.2) is 53.2 Å². The molecule has 0 aliphatic carbocycles. The van der Waals surface area contributed by atoms with E-state index in [4.69, 9.17) is 0 Å². The van der Waals surface area contributed by atoms with Crippen LogP contribution in [0.15, 0.2) is 0 Å². The second-order valence-corrected chi connectivity index (χ2v) is 6.92. The maximum atomic E-state index is 11.4. The summed E-state index contributed by atoms with van der Waals surface area (Å²) in [6, 6.07) is 0.564. The third kappa shape index (κ3) is 3.55. The number of thiazole rings is 1. The number of rotatable bonds is 5. The monoisotopic (exact) mass is 311 g/mol. The third-order valence-electron chi connectivity index (χ3n) is 4.23. The molecule has 6 heteroatoms. The van der Waals surface area contributed by atoms with Crippen LogP contribution in [0.25, 0.3) is 0 Å². The zero-order valence-corrected chi connectivity index (χ0v) is 14.1. The van der Waals surface area contributed by atoms with Gasteiger partial charge in [-0.15, -0.1) is 0 Å². The lowest BCUT2D eigenvalue weighted by Crippen LogP contribution is -2.48. The Morgan fingerprint density at radius 2 is 1.90 bits per heavy atom. The summed E-state index contributed by atoms with van der Waals surface area (Å²) in [6.07, 6.45) is 0.907. The summed E-state index contributed by atoms with van der Waals surface area (Å²) in [5.41, 5.74) is 0.747. The van der Waals surface area contributed by atoms with Gasteiger partial charge < -0.3 is 10.0 Å². The van der Waals surface area contributed by atoms with Crippen molar-refractivity contribution >= 4 is 22.4 Å². The average molecular weight is 311 g/mol. The molecule has 1 aliphatic rings. The first-order valence-electron chi connectivity index (χ1n) is 7.67. The fourth-order valence-corrected chi connectivity index (χ4v) is 3.64. The van der Waals surface area contributed by atoms with Crippen molar-refractivity contribution in [3.63, 3.8) is 0 Å². The van der Waals surface area contributed by atoms with Gasteiger partial charge in [0.2, 0.25) is 0 Å². The van der Waals surface area contributed by atoms with Crippen LogP contribution in [0, 0.1) is 0 Å². The molecule has 0 bridgehead atoms. The summed E-state index contributed by atoms with van der Waals surface area (Å²) in [5.74, 6) is -0.659. The summed E-state index contributed by atoms with van der Waals surface area (Å²) in [5, 5.41) is 10.2. The fraction of sp³-hybridized carbons (Fsp3) is 0.733. The van der Waals surface area contributed by atoms with Gasteiger partial charge in [0.25, 0.3) is 0 Å². The molecule has 1 aromatic heterocycles. The average Bonchev–Trinajstić information content (AvgIpc) is 2.92. The molecule has 5 nitrogen and oxygen atoms in total. The number of carboxylic acid groups (broad SMARTS) is 1. The van der Waals surface area contributed by atoms with Crippen molar-refractivity contribution in [2.45, 2.75) is 46.1 Å². The topological polar surface area (TPSA) is 56.7 Å². The highest BCUT2D eigenvalue weighted by molar-refractivity contribution is 7.17. The van der Waals surface area contributed by atoms with Gasteiger partial charge in [-0.3, -0.25) is 4.90 Å². The molecule has 0 saturated carbocycles. The fourth-order valence-electron chi connectivity index (χ4n) is 2.57. The van der Waals surface area contributed by atoms with E-state index in [2.05, 4.69) is 35.6 Å². The number of carbonyl (C=O) groups is 1. The Bertz CT molecular complexity index is 493. The lowest BCUT2D eigenvalue weighted by Gasteiger charge is -2.36. The number of aromatic nitrogens is 1. The number of nitrogens with zero attached hydrogens (tertiary/aromatic N) is 3. The molecule has 0 radical (unpaired) electrons. The Labute approximate surface area is 130 Å². The minimum absolute atomic E-state index is 0.193. The molecule has 2 rings (SSSR count). The number of piperazine rings is 1. The lowest BCUT2D eigenvalue weighted by molar-refractivity contribution is 0.0700. The van der Waals surface area contributed by atoms with Gasteiger partial charge in [-0.25, -0.2) is 9.78 Å². The Morgan fingerprint density at radius 3 is 2.38 bits per heavy atom. The number of hydrogen-bond acceptors (Lipinski definition) is 5. The summed E-state index contributed by atoms with van der Waals surface area (Å²) >= 11 is 1.32. The first kappa shape index (κ1) is 16.2. The van der Waals surface area contributed by atoms with Crippen LogP contribution in [0.4, 0.5) is 5.13 Å². The maximum absolute atomic E-state index is 11.4. The van der Waals surface area contributed by atoms with Crippen LogP contribution in [-0.2, 0) is 0 Å². The molecular formula is C15H25N3O2S. The van der Waals surface area contributed by atoms with Crippen molar-refractivity contribution in [3.05, 3.63) is 10.6 Å². The second kappa shape index (κ2) is 6.75. The first-order chi connectivity index (χ1) is 9.93. The van der Waals surface area contributed by atoms with Gasteiger partial charge in [0.1, 0.15) is 4.88 Å². The molecule has 118 valence electrons. The van der Waals surface area contributed by atoms with E-state index < -0.39 is 5.97 Å². The van der Waals surface area contributed by atoms with Gasteiger partial charge in [-0.2, -0.15) is 0 Å². The van der Waals surface area contributed by atoms with Gasteiger partial charge in [0.15, 0.2) is 5.13 Å². The molecule has 1 aliphatic heterocycles. The summed E-state index contributed by atoms with van der Waals surface area (Å²) in [7, 11) is 0. The normalized spacial score (nSPS) is 18.2. The quantitative estimate of drug-likeness (QED) is 0.906. The SMILES string of the molecule is CCC(C)c1nc(N2CCN(C(C)C)CC2)sc1C(=O)O. The van der Waals surface area contributed by atoms with Crippen LogP contribution >= 0.6 is 11.3 Å². The molecule has 0 spiro atoms. The minimum atomic E-state index is -0.852. The van der Waals surface area contributed by atoms with Gasteiger partial charge in [-0.05, 0) is 26.2 Å². The molecular weight excluding hydrogens is 286 g/mol. The lowest BCUT2D eigenvalue weighted by atomic mass is 10.0. The van der Waals surface area contributed by atoms with E-state index in [0.717, 1.165) is 43.4 Å². The van der Waals surface area contributed by atoms with Crippen LogP contribution in [0.3, 0.4) is 0 Å². The Balaban J connectivity index is 2.16. The number of aromatic carboxylic acids is 1. The van der Waals surface area contributed by atoms with Crippen LogP contribution in [0.1, 0.15) is 55.4 Å². The number of anilines is 1. The van der Waals surface area contributed by atoms with Crippen LogP contribution in [0.5, 0.6) is 0 Å². The van der Waals surface area contributed by atoms with Crippen molar-refractivity contribution in [1.29, 1.82) is 0 Å². The molecule has 0 aromatic carbocycles. The molecule has 1 N–H and O–H groups in total. The molecule has 1 fully saturated rings. The van der Waals surface area contributed by atoms with Gasteiger partial charge in [0, 0.05) is 32.2 Å². The smallest absolute Gasteiger partial charge is 0.347 e. The summed E-state index contributed by atoms with van der Waals surface area (Å²) in [6.45, 7) is 12.4. The molecule has 0 amide bonds. The zero-order valence-electron chi connectivity index (χ0n) is 13.3. The van der Waals surface area contributed by atoms with E-state index in [9.17, 15) is 9.90 Å². The van der Waals surface area contributed by atoms with Crippen molar-refractivity contribution in [3.8, 4) is 0 Å². The molecule has 21 heavy (non-hydrogen) atoms. The van der Waals surface area contributed by atoms with E-state index in [0.29, 0.717) is 10.9 Å². The Kier molecular flexibility index (Phi) is 5.22. The Hall–Kier alpha value is -1.14. The standard InChI is InChI=1S/C15H25N3O2S/c1-5-11(4)12-13(14(19)20)21-15(16-12)18-8-6-17(7-9-18)10(2)3/h10-11H,5-9H2,1-4H3,(H,19,20). The van der Waals surface area contributed by atoms with Gasteiger partial charge in [0.05, 0.1) is 5.69 Å². The summed E-state index contributed by atoms with van der Waals surface area (Å²) < 4.78 is 0. The van der Waals surface area contributed by atoms with Crippen molar-refractivity contribution in [2.24, 2.45) is 0 Å². The third-order valence-corrected chi connectivity index (χ3v) is 5.35. The van der Waals surface area contributed by atoms with E-state index in [1.54, 1.807) is 0 Å². The molecule has 2 heterocycles. The van der Waals surface area contributed by atoms with Gasteiger partial charge >= 0.3 is 5.97 Å². The van der Waals surface area contributed by atoms with E-state index in [1.165, 1.54) is 11.3 Å². The van der Waals surface area contributed by atoms with Crippen molar-refractivity contribution < 1.29 is 9.90 Å². The first-order valence-corrected chi connectivity index (χ1v) is 8.48. The van der Waals surface area contributed by atoms with Crippen molar-refractivity contribution in [1.82, 2.24) is 9.88 Å². The number of carboxylic acids is 1. The minimum Gasteiger partial charge on any atom is -0.477 e. The highest BCUT2D eigenvalue weighted by Gasteiger charge is 2.26. The predicted octanol–water partition coefficient (Wildman–Crippen LogP) is 2.89. The van der Waals surface area contributed by atoms with E-state index in [1.807, 2.05) is 6.92 Å². The predicted molar refractivity (Wildman–Crippen MR) is 86.7 cm³/mol. The maximum Gasteiger partial charge on any atom is 0.347 e. The number of hydrogen-bond donors (Lipinski definition) is 1. The molecule has 1 saturated heterocycles. The zero-order chi connectivity index (χ0) is 15.6. The highest BCUT2D eigenvalue weighted by Crippen LogP contribution is 2.32. The molecule has 1 unspecified atom stereocenters. The van der Waals surface area contributed by atoms with Gasteiger partial charge in [-0.1, -0.05) is 25.2 Å². The van der Waals surface area contributed by atoms with Crippen molar-refractivity contribution in [2.75, 3.05) is 31.1 Å². The molecule has 1 aromatic rings. The van der Waals surface area contributed by atoms with E-state index >= 15 is 0 Å². The van der Waals surface area contributed by atoms with Crippen LogP contribution < -0.4 is 4.90 Å². The van der Waals surface area contributed by atoms with E-state index in [-0.39, 0.29) is 5.92 Å². The Morgan fingerprint density at radius 1 is 1.29 bits per heavy atom.